The number of esters is 1. The first-order valence-corrected chi connectivity index (χ1v) is 7.55. The molecule has 0 aromatic heterocycles. The predicted molar refractivity (Wildman–Crippen MR) is 75.7 cm³/mol. The van der Waals surface area contributed by atoms with Crippen LogP contribution >= 0.6 is 11.8 Å². The van der Waals surface area contributed by atoms with Gasteiger partial charge < -0.3 is 4.74 Å². The van der Waals surface area contributed by atoms with E-state index in [-0.39, 0.29) is 0 Å². The number of nitrogens with zero attached hydrogens (tertiary/aromatic N) is 1. The Labute approximate surface area is 121 Å². The van der Waals surface area contributed by atoms with E-state index in [1.165, 1.54) is 7.11 Å². The van der Waals surface area contributed by atoms with Gasteiger partial charge in [0, 0.05) is 0 Å². The molecule has 0 spiro atoms. The van der Waals surface area contributed by atoms with Gasteiger partial charge in [-0.2, -0.15) is 11.8 Å². The van der Waals surface area contributed by atoms with Crippen LogP contribution in [0, 0.1) is 0 Å². The Hall–Kier alpha value is -1.82. The SMILES string of the molecule is COC(=O)[C@@H](CCSC)N1C(=O)c2ccccc2C1=O. The summed E-state index contributed by atoms with van der Waals surface area (Å²) in [6.07, 6.45) is 2.29. The van der Waals surface area contributed by atoms with Crippen molar-refractivity contribution in [2.45, 2.75) is 12.5 Å². The minimum absolute atomic E-state index is 0.343. The maximum absolute atomic E-state index is 12.3. The van der Waals surface area contributed by atoms with Gasteiger partial charge in [-0.25, -0.2) is 4.79 Å². The summed E-state index contributed by atoms with van der Waals surface area (Å²) in [5.41, 5.74) is 0.686. The van der Waals surface area contributed by atoms with Gasteiger partial charge in [0.1, 0.15) is 6.04 Å². The number of rotatable bonds is 5. The average molecular weight is 293 g/mol. The van der Waals surface area contributed by atoms with Crippen molar-refractivity contribution in [1.82, 2.24) is 4.90 Å². The van der Waals surface area contributed by atoms with Crippen molar-refractivity contribution < 1.29 is 19.1 Å². The zero-order chi connectivity index (χ0) is 14.7. The number of carbonyl (C=O) groups is 3. The number of hydrogen-bond acceptors (Lipinski definition) is 5. The predicted octanol–water partition coefficient (Wildman–Crippen LogP) is 1.58. The highest BCUT2D eigenvalue weighted by atomic mass is 32.2. The second-order valence-electron chi connectivity index (χ2n) is 4.35. The number of ether oxygens (including phenoxy) is 1. The minimum Gasteiger partial charge on any atom is -0.467 e. The van der Waals surface area contributed by atoms with Crippen LogP contribution in [0.5, 0.6) is 0 Å². The third kappa shape index (κ3) is 2.43. The van der Waals surface area contributed by atoms with E-state index in [1.54, 1.807) is 36.0 Å². The lowest BCUT2D eigenvalue weighted by Crippen LogP contribution is -2.45. The molecule has 2 rings (SSSR count). The number of amides is 2. The molecule has 1 heterocycles. The Bertz CT molecular complexity index is 523. The molecule has 6 heteroatoms. The van der Waals surface area contributed by atoms with Crippen molar-refractivity contribution >= 4 is 29.5 Å². The standard InChI is InChI=1S/C14H15NO4S/c1-19-14(18)11(7-8-20-2)15-12(16)9-5-3-4-6-10(9)13(15)17/h3-6,11H,7-8H2,1-2H3/t11-/m1/s1. The molecule has 1 atom stereocenters. The van der Waals surface area contributed by atoms with E-state index in [0.29, 0.717) is 23.3 Å². The van der Waals surface area contributed by atoms with E-state index >= 15 is 0 Å². The number of carbonyl (C=O) groups excluding carboxylic acids is 3. The molecule has 1 aromatic carbocycles. The molecule has 1 aliphatic heterocycles. The number of hydrogen-bond donors (Lipinski definition) is 0. The molecule has 1 aliphatic rings. The number of imide groups is 1. The maximum atomic E-state index is 12.3. The minimum atomic E-state index is -0.861. The Morgan fingerprint density at radius 3 is 2.25 bits per heavy atom. The molecule has 0 saturated heterocycles. The Kier molecular flexibility index (Phi) is 4.44. The second-order valence-corrected chi connectivity index (χ2v) is 5.33. The first-order valence-electron chi connectivity index (χ1n) is 6.15. The molecule has 0 radical (unpaired) electrons. The first kappa shape index (κ1) is 14.6. The molecule has 0 N–H and O–H groups in total. The zero-order valence-electron chi connectivity index (χ0n) is 11.3. The fourth-order valence-corrected chi connectivity index (χ4v) is 2.67. The van der Waals surface area contributed by atoms with Crippen LogP contribution in [0.3, 0.4) is 0 Å². The van der Waals surface area contributed by atoms with Crippen molar-refractivity contribution in [3.8, 4) is 0 Å². The number of fused-ring (bicyclic) bond motifs is 1. The van der Waals surface area contributed by atoms with Crippen LogP contribution < -0.4 is 0 Å². The highest BCUT2D eigenvalue weighted by Crippen LogP contribution is 2.26. The molecular weight excluding hydrogens is 278 g/mol. The largest absolute Gasteiger partial charge is 0.467 e. The highest BCUT2D eigenvalue weighted by Gasteiger charge is 2.42. The van der Waals surface area contributed by atoms with E-state index < -0.39 is 23.8 Å². The number of thioether (sulfide) groups is 1. The van der Waals surface area contributed by atoms with E-state index in [2.05, 4.69) is 0 Å². The molecule has 106 valence electrons. The van der Waals surface area contributed by atoms with Gasteiger partial charge in [-0.1, -0.05) is 12.1 Å². The van der Waals surface area contributed by atoms with Crippen LogP contribution in [0.15, 0.2) is 24.3 Å². The summed E-state index contributed by atoms with van der Waals surface area (Å²) in [4.78, 5) is 37.5. The number of methoxy groups -OCH3 is 1. The van der Waals surface area contributed by atoms with Gasteiger partial charge in [-0.3, -0.25) is 14.5 Å². The van der Waals surface area contributed by atoms with Crippen molar-refractivity contribution in [2.24, 2.45) is 0 Å². The van der Waals surface area contributed by atoms with E-state index in [0.717, 1.165) is 4.90 Å². The summed E-state index contributed by atoms with van der Waals surface area (Å²) in [6.45, 7) is 0. The molecule has 1 aromatic rings. The van der Waals surface area contributed by atoms with Gasteiger partial charge in [-0.05, 0) is 30.6 Å². The van der Waals surface area contributed by atoms with Gasteiger partial charge in [-0.15, -0.1) is 0 Å². The summed E-state index contributed by atoms with van der Waals surface area (Å²) in [7, 11) is 1.26. The van der Waals surface area contributed by atoms with Crippen molar-refractivity contribution in [2.75, 3.05) is 19.1 Å². The van der Waals surface area contributed by atoms with Crippen LogP contribution in [0.25, 0.3) is 0 Å². The van der Waals surface area contributed by atoms with Crippen LogP contribution in [0.4, 0.5) is 0 Å². The van der Waals surface area contributed by atoms with Crippen molar-refractivity contribution in [1.29, 1.82) is 0 Å². The summed E-state index contributed by atoms with van der Waals surface area (Å²) < 4.78 is 4.72. The van der Waals surface area contributed by atoms with E-state index in [9.17, 15) is 14.4 Å². The molecule has 5 nitrogen and oxygen atoms in total. The third-order valence-corrected chi connectivity index (χ3v) is 3.85. The lowest BCUT2D eigenvalue weighted by atomic mass is 10.1. The fraction of sp³-hybridized carbons (Fsp3) is 0.357. The quantitative estimate of drug-likeness (QED) is 0.609. The molecule has 20 heavy (non-hydrogen) atoms. The van der Waals surface area contributed by atoms with E-state index in [1.807, 2.05) is 6.26 Å². The molecule has 0 unspecified atom stereocenters. The smallest absolute Gasteiger partial charge is 0.329 e. The van der Waals surface area contributed by atoms with Crippen LogP contribution in [-0.2, 0) is 9.53 Å². The molecule has 0 bridgehead atoms. The first-order chi connectivity index (χ1) is 9.61. The van der Waals surface area contributed by atoms with Crippen molar-refractivity contribution in [3.05, 3.63) is 35.4 Å². The Morgan fingerprint density at radius 1 is 1.25 bits per heavy atom. The molecule has 0 fully saturated rings. The maximum Gasteiger partial charge on any atom is 0.329 e. The van der Waals surface area contributed by atoms with Crippen molar-refractivity contribution in [3.63, 3.8) is 0 Å². The van der Waals surface area contributed by atoms with Gasteiger partial charge >= 0.3 is 5.97 Å². The van der Waals surface area contributed by atoms with Gasteiger partial charge in [0.25, 0.3) is 11.8 Å². The van der Waals surface area contributed by atoms with Crippen LogP contribution in [-0.4, -0.2) is 47.8 Å². The highest BCUT2D eigenvalue weighted by molar-refractivity contribution is 7.98. The second kappa shape index (κ2) is 6.09. The lowest BCUT2D eigenvalue weighted by Gasteiger charge is -2.23. The molecular formula is C14H15NO4S. The van der Waals surface area contributed by atoms with Gasteiger partial charge in [0.05, 0.1) is 18.2 Å². The normalized spacial score (nSPS) is 15.2. The molecule has 0 saturated carbocycles. The molecule has 2 amide bonds. The van der Waals surface area contributed by atoms with Gasteiger partial charge in [0.2, 0.25) is 0 Å². The Balaban J connectivity index is 2.34. The van der Waals surface area contributed by atoms with Crippen LogP contribution in [0.2, 0.25) is 0 Å². The average Bonchev–Trinajstić information content (AvgIpc) is 2.73. The number of benzene rings is 1. The lowest BCUT2D eigenvalue weighted by molar-refractivity contribution is -0.145. The summed E-state index contributed by atoms with van der Waals surface area (Å²) in [5, 5.41) is 0. The summed E-state index contributed by atoms with van der Waals surface area (Å²) >= 11 is 1.55. The monoisotopic (exact) mass is 293 g/mol. The molecule has 0 aliphatic carbocycles. The van der Waals surface area contributed by atoms with E-state index in [4.69, 9.17) is 4.74 Å². The third-order valence-electron chi connectivity index (χ3n) is 3.21. The van der Waals surface area contributed by atoms with Crippen LogP contribution in [0.1, 0.15) is 27.1 Å². The fourth-order valence-electron chi connectivity index (χ4n) is 2.21. The summed E-state index contributed by atoms with van der Waals surface area (Å²) in [6, 6.07) is 5.72. The van der Waals surface area contributed by atoms with Gasteiger partial charge in [0.15, 0.2) is 0 Å². The Morgan fingerprint density at radius 2 is 1.80 bits per heavy atom. The zero-order valence-corrected chi connectivity index (χ0v) is 12.1. The topological polar surface area (TPSA) is 63.7 Å². The summed E-state index contributed by atoms with van der Waals surface area (Å²) in [5.74, 6) is -0.759.